The summed E-state index contributed by atoms with van der Waals surface area (Å²) >= 11 is 0. The molecule has 2 N–H and O–H groups in total. The van der Waals surface area contributed by atoms with Gasteiger partial charge in [-0.05, 0) is 37.1 Å². The summed E-state index contributed by atoms with van der Waals surface area (Å²) in [4.78, 5) is 27.3. The Bertz CT molecular complexity index is 727. The molecule has 0 fully saturated rings. The van der Waals surface area contributed by atoms with Gasteiger partial charge in [0.2, 0.25) is 5.91 Å². The predicted molar refractivity (Wildman–Crippen MR) is 88.7 cm³/mol. The van der Waals surface area contributed by atoms with Crippen molar-refractivity contribution in [3.63, 3.8) is 0 Å². The molecule has 1 aliphatic heterocycles. The van der Waals surface area contributed by atoms with Crippen LogP contribution in [0.15, 0.2) is 36.9 Å². The van der Waals surface area contributed by atoms with Crippen molar-refractivity contribution in [1.82, 2.24) is 14.9 Å². The summed E-state index contributed by atoms with van der Waals surface area (Å²) in [5.41, 5.74) is 1.85. The number of hydrogen-bond donors (Lipinski definition) is 2. The number of imidazole rings is 1. The highest BCUT2D eigenvalue weighted by Crippen LogP contribution is 2.26. The maximum Gasteiger partial charge on any atom is 0.258 e. The Morgan fingerprint density at radius 3 is 3.12 bits per heavy atom. The minimum Gasteiger partial charge on any atom is -0.484 e. The van der Waals surface area contributed by atoms with Gasteiger partial charge in [0.05, 0.1) is 6.33 Å². The number of carbonyl (C=O) groups excluding carboxylic acids is 2. The molecule has 1 aromatic heterocycles. The Hall–Kier alpha value is -2.83. The molecule has 0 saturated carbocycles. The Labute approximate surface area is 140 Å². The van der Waals surface area contributed by atoms with Gasteiger partial charge in [0.25, 0.3) is 5.91 Å². The highest BCUT2D eigenvalue weighted by molar-refractivity contribution is 5.94. The minimum atomic E-state index is -0.173. The van der Waals surface area contributed by atoms with E-state index in [4.69, 9.17) is 4.74 Å². The zero-order chi connectivity index (χ0) is 16.9. The van der Waals surface area contributed by atoms with Gasteiger partial charge in [0.15, 0.2) is 6.61 Å². The van der Waals surface area contributed by atoms with Crippen molar-refractivity contribution in [3.8, 4) is 5.75 Å². The van der Waals surface area contributed by atoms with Crippen LogP contribution in [0.4, 0.5) is 5.69 Å². The van der Waals surface area contributed by atoms with Gasteiger partial charge in [-0.1, -0.05) is 0 Å². The lowest BCUT2D eigenvalue weighted by atomic mass is 10.0. The summed E-state index contributed by atoms with van der Waals surface area (Å²) in [5.74, 6) is 0.485. The van der Waals surface area contributed by atoms with E-state index in [1.165, 1.54) is 0 Å². The fourth-order valence-electron chi connectivity index (χ4n) is 2.67. The second-order valence-corrected chi connectivity index (χ2v) is 5.88. The number of carbonyl (C=O) groups is 2. The minimum absolute atomic E-state index is 0.0194. The number of amides is 2. The molecule has 7 nitrogen and oxygen atoms in total. The van der Waals surface area contributed by atoms with E-state index in [0.29, 0.717) is 25.1 Å². The number of aryl methyl sites for hydroxylation is 1. The van der Waals surface area contributed by atoms with Crippen LogP contribution in [-0.2, 0) is 22.6 Å². The predicted octanol–water partition coefficient (Wildman–Crippen LogP) is 1.35. The quantitative estimate of drug-likeness (QED) is 0.838. The summed E-state index contributed by atoms with van der Waals surface area (Å²) in [6.45, 7) is 2.54. The standard InChI is InChI=1S/C17H20N4O3/c1-12(9-21-7-6-18-11-21)19-17(23)10-24-14-3-4-15-13(8-14)2-5-16(22)20-15/h3-4,6-8,11-12H,2,5,9-10H2,1H3,(H,19,23)(H,20,22)/t12-/m0/s1. The number of fused-ring (bicyclic) bond motifs is 1. The molecule has 126 valence electrons. The molecule has 0 spiro atoms. The molecule has 3 rings (SSSR count). The van der Waals surface area contributed by atoms with Crippen molar-refractivity contribution in [3.05, 3.63) is 42.5 Å². The summed E-state index contributed by atoms with van der Waals surface area (Å²) in [5, 5.41) is 5.70. The number of rotatable bonds is 6. The Kier molecular flexibility index (Phi) is 4.79. The maximum absolute atomic E-state index is 12.0. The van der Waals surface area contributed by atoms with Crippen molar-refractivity contribution in [2.75, 3.05) is 11.9 Å². The van der Waals surface area contributed by atoms with E-state index in [2.05, 4.69) is 15.6 Å². The molecule has 0 aliphatic carbocycles. The number of nitrogens with one attached hydrogen (secondary N) is 2. The first-order valence-electron chi connectivity index (χ1n) is 7.91. The van der Waals surface area contributed by atoms with Gasteiger partial charge in [-0.15, -0.1) is 0 Å². The van der Waals surface area contributed by atoms with Gasteiger partial charge in [0, 0.05) is 37.1 Å². The van der Waals surface area contributed by atoms with Gasteiger partial charge in [0.1, 0.15) is 5.75 Å². The van der Waals surface area contributed by atoms with Crippen LogP contribution in [0.3, 0.4) is 0 Å². The fraction of sp³-hybridized carbons (Fsp3) is 0.353. The number of benzene rings is 1. The highest BCUT2D eigenvalue weighted by Gasteiger charge is 2.15. The van der Waals surface area contributed by atoms with E-state index in [9.17, 15) is 9.59 Å². The van der Waals surface area contributed by atoms with E-state index in [1.54, 1.807) is 24.7 Å². The van der Waals surface area contributed by atoms with E-state index in [-0.39, 0.29) is 24.5 Å². The summed E-state index contributed by atoms with van der Waals surface area (Å²) in [7, 11) is 0. The summed E-state index contributed by atoms with van der Waals surface area (Å²) in [6.07, 6.45) is 6.43. The second-order valence-electron chi connectivity index (χ2n) is 5.88. The molecule has 1 aromatic carbocycles. The lowest BCUT2D eigenvalue weighted by Gasteiger charge is -2.18. The molecule has 2 aromatic rings. The SMILES string of the molecule is C[C@@H](Cn1ccnc1)NC(=O)COc1ccc2c(c1)CCC(=O)N2. The van der Waals surface area contributed by atoms with Crippen LogP contribution in [0.1, 0.15) is 18.9 Å². The van der Waals surface area contributed by atoms with Crippen LogP contribution in [0.2, 0.25) is 0 Å². The lowest BCUT2D eigenvalue weighted by Crippen LogP contribution is -2.38. The van der Waals surface area contributed by atoms with E-state index < -0.39 is 0 Å². The molecule has 0 radical (unpaired) electrons. The van der Waals surface area contributed by atoms with E-state index in [1.807, 2.05) is 23.8 Å². The molecule has 0 unspecified atom stereocenters. The average Bonchev–Trinajstić information content (AvgIpc) is 3.05. The first-order chi connectivity index (χ1) is 11.6. The monoisotopic (exact) mass is 328 g/mol. The number of aromatic nitrogens is 2. The Balaban J connectivity index is 1.48. The zero-order valence-electron chi connectivity index (χ0n) is 13.5. The van der Waals surface area contributed by atoms with Gasteiger partial charge in [-0.25, -0.2) is 4.98 Å². The number of nitrogens with zero attached hydrogens (tertiary/aromatic N) is 2. The first-order valence-corrected chi connectivity index (χ1v) is 7.91. The molecule has 0 saturated heterocycles. The number of anilines is 1. The van der Waals surface area contributed by atoms with E-state index in [0.717, 1.165) is 11.3 Å². The van der Waals surface area contributed by atoms with Crippen molar-refractivity contribution < 1.29 is 14.3 Å². The normalized spacial score (nSPS) is 14.5. The van der Waals surface area contributed by atoms with Gasteiger partial charge in [-0.2, -0.15) is 0 Å². The van der Waals surface area contributed by atoms with Crippen LogP contribution >= 0.6 is 0 Å². The number of hydrogen-bond acceptors (Lipinski definition) is 4. The van der Waals surface area contributed by atoms with Crippen molar-refractivity contribution in [1.29, 1.82) is 0 Å². The summed E-state index contributed by atoms with van der Waals surface area (Å²) < 4.78 is 7.46. The fourth-order valence-corrected chi connectivity index (χ4v) is 2.67. The molecule has 1 aliphatic rings. The van der Waals surface area contributed by atoms with Crippen molar-refractivity contribution in [2.24, 2.45) is 0 Å². The molecular formula is C17H20N4O3. The largest absolute Gasteiger partial charge is 0.484 e. The third-order valence-corrected chi connectivity index (χ3v) is 3.79. The topological polar surface area (TPSA) is 85.2 Å². The van der Waals surface area contributed by atoms with Crippen LogP contribution < -0.4 is 15.4 Å². The van der Waals surface area contributed by atoms with Gasteiger partial charge < -0.3 is 19.9 Å². The van der Waals surface area contributed by atoms with Crippen molar-refractivity contribution in [2.45, 2.75) is 32.4 Å². The molecule has 7 heteroatoms. The maximum atomic E-state index is 12.0. The Morgan fingerprint density at radius 1 is 1.46 bits per heavy atom. The first kappa shape index (κ1) is 16.0. The highest BCUT2D eigenvalue weighted by atomic mass is 16.5. The zero-order valence-corrected chi connectivity index (χ0v) is 13.5. The van der Waals surface area contributed by atoms with Crippen LogP contribution in [0, 0.1) is 0 Å². The smallest absolute Gasteiger partial charge is 0.258 e. The Morgan fingerprint density at radius 2 is 2.33 bits per heavy atom. The third-order valence-electron chi connectivity index (χ3n) is 3.79. The van der Waals surface area contributed by atoms with Crippen molar-refractivity contribution >= 4 is 17.5 Å². The molecule has 24 heavy (non-hydrogen) atoms. The lowest BCUT2D eigenvalue weighted by molar-refractivity contribution is -0.123. The molecule has 2 heterocycles. The molecule has 0 bridgehead atoms. The summed E-state index contributed by atoms with van der Waals surface area (Å²) in [6, 6.07) is 5.42. The van der Waals surface area contributed by atoms with Gasteiger partial charge in [-0.3, -0.25) is 9.59 Å². The van der Waals surface area contributed by atoms with Crippen LogP contribution in [0.25, 0.3) is 0 Å². The third kappa shape index (κ3) is 4.13. The van der Waals surface area contributed by atoms with Crippen LogP contribution in [-0.4, -0.2) is 34.0 Å². The van der Waals surface area contributed by atoms with Gasteiger partial charge >= 0.3 is 0 Å². The van der Waals surface area contributed by atoms with E-state index >= 15 is 0 Å². The van der Waals surface area contributed by atoms with Crippen LogP contribution in [0.5, 0.6) is 5.75 Å². The number of ether oxygens (including phenoxy) is 1. The molecule has 1 atom stereocenters. The average molecular weight is 328 g/mol. The molecular weight excluding hydrogens is 308 g/mol. The molecule has 2 amide bonds. The second kappa shape index (κ2) is 7.16.